The summed E-state index contributed by atoms with van der Waals surface area (Å²) in [6, 6.07) is 19.3. The van der Waals surface area contributed by atoms with Crippen LogP contribution in [0.1, 0.15) is 11.1 Å². The molecule has 0 spiro atoms. The molecule has 108 valence electrons. The molecule has 0 amide bonds. The van der Waals surface area contributed by atoms with Gasteiger partial charge in [-0.05, 0) is 36.9 Å². The minimum absolute atomic E-state index is 0.610. The molecule has 4 heteroatoms. The molecule has 0 fully saturated rings. The van der Waals surface area contributed by atoms with E-state index < -0.39 is 10.8 Å². The Balaban J connectivity index is 1.86. The Morgan fingerprint density at radius 2 is 1.90 bits per heavy atom. The fraction of sp³-hybridized carbons (Fsp3) is 0.235. The first-order valence-corrected chi connectivity index (χ1v) is 8.12. The zero-order chi connectivity index (χ0) is 15.1. The monoisotopic (exact) mass is 298 g/mol. The first kappa shape index (κ1) is 15.4. The van der Waals surface area contributed by atoms with E-state index >= 15 is 0 Å². The third-order valence-electron chi connectivity index (χ3n) is 3.17. The summed E-state index contributed by atoms with van der Waals surface area (Å²) in [5.41, 5.74) is 1.77. The van der Waals surface area contributed by atoms with Crippen molar-refractivity contribution >= 4 is 10.8 Å². The van der Waals surface area contributed by atoms with Gasteiger partial charge in [0.2, 0.25) is 0 Å². The molecule has 0 N–H and O–H groups in total. The lowest BCUT2D eigenvalue weighted by Gasteiger charge is -2.16. The topological polar surface area (TPSA) is 44.1 Å². The second-order valence-corrected chi connectivity index (χ2v) is 6.48. The Bertz CT molecular complexity index is 649. The molecule has 3 nitrogen and oxygen atoms in total. The summed E-state index contributed by atoms with van der Waals surface area (Å²) in [4.78, 5) is 2.99. The fourth-order valence-corrected chi connectivity index (χ4v) is 3.23. The van der Waals surface area contributed by atoms with Crippen molar-refractivity contribution in [3.63, 3.8) is 0 Å². The van der Waals surface area contributed by atoms with Gasteiger partial charge in [0, 0.05) is 23.7 Å². The number of hydrogen-bond donors (Lipinski definition) is 0. The van der Waals surface area contributed by atoms with Crippen LogP contribution in [0.4, 0.5) is 0 Å². The Hall–Kier alpha value is -1.96. The number of nitrogens with zero attached hydrogens (tertiary/aromatic N) is 2. The molecule has 2 rings (SSSR count). The third kappa shape index (κ3) is 4.82. The van der Waals surface area contributed by atoms with E-state index in [-0.39, 0.29) is 0 Å². The van der Waals surface area contributed by atoms with Crippen molar-refractivity contribution in [1.29, 1.82) is 5.26 Å². The second kappa shape index (κ2) is 7.72. The highest BCUT2D eigenvalue weighted by molar-refractivity contribution is 7.85. The van der Waals surface area contributed by atoms with Gasteiger partial charge < -0.3 is 4.90 Å². The summed E-state index contributed by atoms with van der Waals surface area (Å²) in [6.07, 6.45) is 0. The van der Waals surface area contributed by atoms with E-state index in [4.69, 9.17) is 5.26 Å². The number of nitriles is 1. The number of rotatable bonds is 6. The van der Waals surface area contributed by atoms with E-state index in [1.165, 1.54) is 0 Å². The predicted molar refractivity (Wildman–Crippen MR) is 85.2 cm³/mol. The van der Waals surface area contributed by atoms with Crippen LogP contribution in [-0.4, -0.2) is 28.5 Å². The fourth-order valence-electron chi connectivity index (χ4n) is 2.06. The van der Waals surface area contributed by atoms with Crippen molar-refractivity contribution in [1.82, 2.24) is 4.90 Å². The lowest BCUT2D eigenvalue weighted by atomic mass is 10.1. The largest absolute Gasteiger partial charge is 0.301 e. The molecular formula is C17H18N2OS. The zero-order valence-corrected chi connectivity index (χ0v) is 12.8. The minimum Gasteiger partial charge on any atom is -0.301 e. The van der Waals surface area contributed by atoms with Crippen molar-refractivity contribution < 1.29 is 4.21 Å². The van der Waals surface area contributed by atoms with Gasteiger partial charge >= 0.3 is 0 Å². The van der Waals surface area contributed by atoms with Gasteiger partial charge in [0.05, 0.1) is 22.4 Å². The Morgan fingerprint density at radius 1 is 1.14 bits per heavy atom. The van der Waals surface area contributed by atoms with Crippen LogP contribution in [0.3, 0.4) is 0 Å². The van der Waals surface area contributed by atoms with Gasteiger partial charge in [0.15, 0.2) is 0 Å². The van der Waals surface area contributed by atoms with E-state index in [9.17, 15) is 4.21 Å². The highest BCUT2D eigenvalue weighted by Crippen LogP contribution is 2.08. The summed E-state index contributed by atoms with van der Waals surface area (Å²) in [7, 11) is 1.04. The second-order valence-electron chi connectivity index (χ2n) is 4.91. The van der Waals surface area contributed by atoms with Crippen LogP contribution in [-0.2, 0) is 17.3 Å². The summed E-state index contributed by atoms with van der Waals surface area (Å²) in [6.45, 7) is 1.50. The average molecular weight is 298 g/mol. The molecule has 0 aliphatic heterocycles. The van der Waals surface area contributed by atoms with E-state index in [0.29, 0.717) is 11.3 Å². The van der Waals surface area contributed by atoms with Crippen LogP contribution in [0.15, 0.2) is 59.5 Å². The van der Waals surface area contributed by atoms with Crippen LogP contribution in [0.5, 0.6) is 0 Å². The van der Waals surface area contributed by atoms with Crippen LogP contribution >= 0.6 is 0 Å². The first-order valence-electron chi connectivity index (χ1n) is 6.80. The average Bonchev–Trinajstić information content (AvgIpc) is 2.53. The quantitative estimate of drug-likeness (QED) is 0.823. The standard InChI is InChI=1S/C17H18N2OS/c1-19(14-16-7-5-6-15(12-16)13-18)10-11-21(20)17-8-3-2-4-9-17/h2-9,12H,10-11,14H2,1H3/t21-/m0/s1. The van der Waals surface area contributed by atoms with E-state index in [1.54, 1.807) is 6.07 Å². The molecule has 0 heterocycles. The molecule has 21 heavy (non-hydrogen) atoms. The normalized spacial score (nSPS) is 12.0. The molecule has 2 aromatic rings. The van der Waals surface area contributed by atoms with Crippen molar-refractivity contribution in [2.24, 2.45) is 0 Å². The van der Waals surface area contributed by atoms with E-state index in [0.717, 1.165) is 23.5 Å². The van der Waals surface area contributed by atoms with Crippen molar-refractivity contribution in [2.45, 2.75) is 11.4 Å². The predicted octanol–water partition coefficient (Wildman–Crippen LogP) is 2.80. The van der Waals surface area contributed by atoms with Gasteiger partial charge in [-0.3, -0.25) is 4.21 Å². The van der Waals surface area contributed by atoms with Crippen LogP contribution in [0.2, 0.25) is 0 Å². The van der Waals surface area contributed by atoms with Gasteiger partial charge in [-0.1, -0.05) is 30.3 Å². The number of benzene rings is 2. The zero-order valence-electron chi connectivity index (χ0n) is 12.0. The molecule has 0 bridgehead atoms. The molecular weight excluding hydrogens is 280 g/mol. The van der Waals surface area contributed by atoms with Crippen molar-refractivity contribution in [3.05, 3.63) is 65.7 Å². The van der Waals surface area contributed by atoms with Crippen LogP contribution < -0.4 is 0 Å². The molecule has 0 radical (unpaired) electrons. The molecule has 0 aliphatic carbocycles. The highest BCUT2D eigenvalue weighted by atomic mass is 32.2. The van der Waals surface area contributed by atoms with Crippen molar-refractivity contribution in [3.8, 4) is 6.07 Å². The summed E-state index contributed by atoms with van der Waals surface area (Å²) >= 11 is 0. The SMILES string of the molecule is CN(CC[S@](=O)c1ccccc1)Cc1cccc(C#N)c1. The van der Waals surface area contributed by atoms with Gasteiger partial charge in [0.1, 0.15) is 0 Å². The maximum Gasteiger partial charge on any atom is 0.0991 e. The molecule has 2 aromatic carbocycles. The maximum atomic E-state index is 12.1. The molecule has 0 unspecified atom stereocenters. The van der Waals surface area contributed by atoms with E-state index in [1.807, 2.05) is 55.6 Å². The highest BCUT2D eigenvalue weighted by Gasteiger charge is 2.06. The maximum absolute atomic E-state index is 12.1. The third-order valence-corrected chi connectivity index (χ3v) is 4.52. The molecule has 0 aromatic heterocycles. The van der Waals surface area contributed by atoms with E-state index in [2.05, 4.69) is 11.0 Å². The lowest BCUT2D eigenvalue weighted by molar-refractivity contribution is 0.347. The Labute approximate surface area is 128 Å². The summed E-state index contributed by atoms with van der Waals surface area (Å²) < 4.78 is 12.1. The smallest absolute Gasteiger partial charge is 0.0991 e. The minimum atomic E-state index is -0.962. The van der Waals surface area contributed by atoms with Gasteiger partial charge in [-0.15, -0.1) is 0 Å². The number of hydrogen-bond acceptors (Lipinski definition) is 3. The van der Waals surface area contributed by atoms with Gasteiger partial charge in [0.25, 0.3) is 0 Å². The Morgan fingerprint density at radius 3 is 2.62 bits per heavy atom. The molecule has 0 saturated heterocycles. The summed E-state index contributed by atoms with van der Waals surface area (Å²) in [5, 5.41) is 8.89. The van der Waals surface area contributed by atoms with Crippen LogP contribution in [0.25, 0.3) is 0 Å². The van der Waals surface area contributed by atoms with Crippen molar-refractivity contribution in [2.75, 3.05) is 19.3 Å². The lowest BCUT2D eigenvalue weighted by Crippen LogP contribution is -2.23. The summed E-state index contributed by atoms with van der Waals surface area (Å²) in [5.74, 6) is 0.610. The van der Waals surface area contributed by atoms with Crippen LogP contribution in [0, 0.1) is 11.3 Å². The Kier molecular flexibility index (Phi) is 5.68. The molecule has 0 aliphatic rings. The first-order chi connectivity index (χ1) is 10.2. The van der Waals surface area contributed by atoms with Gasteiger partial charge in [-0.2, -0.15) is 5.26 Å². The molecule has 0 saturated carbocycles. The van der Waals surface area contributed by atoms with Gasteiger partial charge in [-0.25, -0.2) is 0 Å². The molecule has 1 atom stereocenters.